The van der Waals surface area contributed by atoms with E-state index in [0.29, 0.717) is 0 Å². The number of unbranched alkanes of at least 4 members (excludes halogenated alkanes) is 18. The molecule has 0 amide bonds. The molecule has 0 N–H and O–H groups in total. The summed E-state index contributed by atoms with van der Waals surface area (Å²) in [6.45, 7) is 6.17. The van der Waals surface area contributed by atoms with Crippen molar-refractivity contribution in [2.45, 2.75) is 142 Å². The number of hydrogen-bond donors (Lipinski definition) is 0. The molecule has 0 aliphatic carbocycles. The smallest absolute Gasteiger partial charge is 0.133 e. The molecular weight excluding hydrogens is 472 g/mol. The summed E-state index contributed by atoms with van der Waals surface area (Å²) >= 11 is 3.64. The van der Waals surface area contributed by atoms with Gasteiger partial charge in [-0.25, -0.2) is 0 Å². The van der Waals surface area contributed by atoms with Crippen LogP contribution in [0.2, 0.25) is 0 Å². The summed E-state index contributed by atoms with van der Waals surface area (Å²) in [4.78, 5) is 0. The van der Waals surface area contributed by atoms with Crippen molar-refractivity contribution in [2.75, 3.05) is 13.2 Å². The predicted molar refractivity (Wildman–Crippen MR) is 149 cm³/mol. The standard InChI is InChI=1S/C30H53BrO2/c1-3-5-7-9-11-13-15-17-19-21-25-32-28-23-24-30(29(31)27-28)33-26-22-20-18-16-14-12-10-8-6-4-2/h23-24,27H,3-22,25-26H2,1-2H3. The fourth-order valence-corrected chi connectivity index (χ4v) is 4.71. The minimum absolute atomic E-state index is 0.800. The fourth-order valence-electron chi connectivity index (χ4n) is 4.24. The quantitative estimate of drug-likeness (QED) is 0.125. The molecule has 0 spiro atoms. The van der Waals surface area contributed by atoms with Crippen LogP contribution in [0.15, 0.2) is 22.7 Å². The van der Waals surface area contributed by atoms with Gasteiger partial charge in [0.15, 0.2) is 0 Å². The monoisotopic (exact) mass is 524 g/mol. The van der Waals surface area contributed by atoms with E-state index in [-0.39, 0.29) is 0 Å². The van der Waals surface area contributed by atoms with Gasteiger partial charge in [0.25, 0.3) is 0 Å². The van der Waals surface area contributed by atoms with E-state index < -0.39 is 0 Å². The van der Waals surface area contributed by atoms with Gasteiger partial charge < -0.3 is 9.47 Å². The van der Waals surface area contributed by atoms with Gasteiger partial charge in [0, 0.05) is 0 Å². The maximum Gasteiger partial charge on any atom is 0.133 e. The molecule has 0 fully saturated rings. The fraction of sp³-hybridized carbons (Fsp3) is 0.800. The van der Waals surface area contributed by atoms with Crippen molar-refractivity contribution in [3.05, 3.63) is 22.7 Å². The van der Waals surface area contributed by atoms with E-state index in [2.05, 4.69) is 29.8 Å². The highest BCUT2D eigenvalue weighted by molar-refractivity contribution is 9.10. The van der Waals surface area contributed by atoms with Crippen molar-refractivity contribution >= 4 is 15.9 Å². The summed E-state index contributed by atoms with van der Waals surface area (Å²) in [5.41, 5.74) is 0. The minimum atomic E-state index is 0.800. The van der Waals surface area contributed by atoms with Crippen molar-refractivity contribution in [3.8, 4) is 11.5 Å². The van der Waals surface area contributed by atoms with Crippen LogP contribution < -0.4 is 9.47 Å². The molecule has 0 atom stereocenters. The van der Waals surface area contributed by atoms with E-state index in [1.807, 2.05) is 18.2 Å². The molecule has 0 aliphatic rings. The van der Waals surface area contributed by atoms with Crippen molar-refractivity contribution < 1.29 is 9.47 Å². The van der Waals surface area contributed by atoms with Gasteiger partial charge in [0.2, 0.25) is 0 Å². The molecule has 0 radical (unpaired) electrons. The Morgan fingerprint density at radius 1 is 0.515 bits per heavy atom. The Morgan fingerprint density at radius 3 is 1.33 bits per heavy atom. The van der Waals surface area contributed by atoms with Gasteiger partial charge in [-0.2, -0.15) is 0 Å². The van der Waals surface area contributed by atoms with Crippen molar-refractivity contribution in [1.29, 1.82) is 0 Å². The zero-order valence-electron chi connectivity index (χ0n) is 22.0. The van der Waals surface area contributed by atoms with Gasteiger partial charge >= 0.3 is 0 Å². The van der Waals surface area contributed by atoms with Crippen LogP contribution in [-0.4, -0.2) is 13.2 Å². The van der Waals surface area contributed by atoms with Crippen molar-refractivity contribution in [3.63, 3.8) is 0 Å². The summed E-state index contributed by atoms with van der Waals surface area (Å²) < 4.78 is 12.9. The Morgan fingerprint density at radius 2 is 0.909 bits per heavy atom. The van der Waals surface area contributed by atoms with E-state index in [9.17, 15) is 0 Å². The third kappa shape index (κ3) is 18.3. The molecule has 0 saturated heterocycles. The maximum absolute atomic E-state index is 5.97. The molecule has 0 unspecified atom stereocenters. The van der Waals surface area contributed by atoms with Crippen LogP contribution in [0.5, 0.6) is 11.5 Å². The van der Waals surface area contributed by atoms with E-state index in [1.54, 1.807) is 0 Å². The van der Waals surface area contributed by atoms with Crippen LogP contribution in [0.25, 0.3) is 0 Å². The number of hydrogen-bond acceptors (Lipinski definition) is 2. The first-order valence-corrected chi connectivity index (χ1v) is 15.1. The first-order chi connectivity index (χ1) is 16.3. The van der Waals surface area contributed by atoms with Crippen LogP contribution in [0.1, 0.15) is 142 Å². The zero-order valence-corrected chi connectivity index (χ0v) is 23.6. The Kier molecular flexibility index (Phi) is 21.2. The molecule has 192 valence electrons. The normalized spacial score (nSPS) is 11.1. The lowest BCUT2D eigenvalue weighted by molar-refractivity contribution is 0.294. The Bertz CT molecular complexity index is 546. The summed E-state index contributed by atoms with van der Waals surface area (Å²) in [6.07, 6.45) is 27.0. The Balaban J connectivity index is 1.98. The number of benzene rings is 1. The molecule has 33 heavy (non-hydrogen) atoms. The molecule has 2 nitrogen and oxygen atoms in total. The SMILES string of the molecule is CCCCCCCCCCCCOc1ccc(OCCCCCCCCCCCC)c(Br)c1. The van der Waals surface area contributed by atoms with Gasteiger partial charge in [-0.05, 0) is 47.0 Å². The summed E-state index contributed by atoms with van der Waals surface area (Å²) in [5.74, 6) is 1.86. The average Bonchev–Trinajstić information content (AvgIpc) is 2.82. The van der Waals surface area contributed by atoms with Crippen LogP contribution in [0, 0.1) is 0 Å². The molecule has 0 bridgehead atoms. The topological polar surface area (TPSA) is 18.5 Å². The lowest BCUT2D eigenvalue weighted by Gasteiger charge is -2.11. The molecule has 1 rings (SSSR count). The van der Waals surface area contributed by atoms with E-state index >= 15 is 0 Å². The molecular formula is C30H53BrO2. The van der Waals surface area contributed by atoms with E-state index in [0.717, 1.165) is 42.0 Å². The molecule has 3 heteroatoms. The van der Waals surface area contributed by atoms with Crippen LogP contribution in [-0.2, 0) is 0 Å². The summed E-state index contributed by atoms with van der Waals surface area (Å²) in [5, 5.41) is 0. The van der Waals surface area contributed by atoms with Gasteiger partial charge in [0.05, 0.1) is 17.7 Å². The third-order valence-corrected chi connectivity index (χ3v) is 7.05. The highest BCUT2D eigenvalue weighted by atomic mass is 79.9. The van der Waals surface area contributed by atoms with Crippen molar-refractivity contribution in [1.82, 2.24) is 0 Å². The highest BCUT2D eigenvalue weighted by Gasteiger charge is 2.04. The second-order valence-electron chi connectivity index (χ2n) is 9.65. The van der Waals surface area contributed by atoms with Crippen LogP contribution >= 0.6 is 15.9 Å². The van der Waals surface area contributed by atoms with Gasteiger partial charge in [-0.3, -0.25) is 0 Å². The second kappa shape index (κ2) is 23.1. The van der Waals surface area contributed by atoms with Gasteiger partial charge in [-0.15, -0.1) is 0 Å². The molecule has 0 heterocycles. The molecule has 0 aromatic heterocycles. The number of rotatable bonds is 24. The molecule has 1 aromatic carbocycles. The first-order valence-electron chi connectivity index (χ1n) is 14.3. The van der Waals surface area contributed by atoms with E-state index in [4.69, 9.17) is 9.47 Å². The Labute approximate surface area is 214 Å². The molecule has 0 saturated carbocycles. The summed E-state index contributed by atoms with van der Waals surface area (Å²) in [6, 6.07) is 6.12. The maximum atomic E-state index is 5.97. The number of halogens is 1. The summed E-state index contributed by atoms with van der Waals surface area (Å²) in [7, 11) is 0. The van der Waals surface area contributed by atoms with Crippen LogP contribution in [0.4, 0.5) is 0 Å². The minimum Gasteiger partial charge on any atom is -0.494 e. The van der Waals surface area contributed by atoms with Crippen LogP contribution in [0.3, 0.4) is 0 Å². The highest BCUT2D eigenvalue weighted by Crippen LogP contribution is 2.29. The second-order valence-corrected chi connectivity index (χ2v) is 10.5. The molecule has 1 aromatic rings. The Hall–Kier alpha value is -0.700. The molecule has 0 aliphatic heterocycles. The first kappa shape index (κ1) is 30.3. The predicted octanol–water partition coefficient (Wildman–Crippen LogP) is 11.0. The van der Waals surface area contributed by atoms with Gasteiger partial charge in [0.1, 0.15) is 11.5 Å². The zero-order chi connectivity index (χ0) is 23.8. The number of ether oxygens (including phenoxy) is 2. The largest absolute Gasteiger partial charge is 0.494 e. The van der Waals surface area contributed by atoms with Gasteiger partial charge in [-0.1, -0.05) is 129 Å². The van der Waals surface area contributed by atoms with E-state index in [1.165, 1.54) is 116 Å². The average molecular weight is 526 g/mol. The lowest BCUT2D eigenvalue weighted by Crippen LogP contribution is -2.00. The lowest BCUT2D eigenvalue weighted by atomic mass is 10.1. The third-order valence-electron chi connectivity index (χ3n) is 6.43. The van der Waals surface area contributed by atoms with Crippen molar-refractivity contribution in [2.24, 2.45) is 0 Å².